The zero-order valence-electron chi connectivity index (χ0n) is 11.3. The van der Waals surface area contributed by atoms with Gasteiger partial charge in [-0.2, -0.15) is 5.26 Å². The van der Waals surface area contributed by atoms with Crippen molar-refractivity contribution in [2.24, 2.45) is 0 Å². The summed E-state index contributed by atoms with van der Waals surface area (Å²) in [6, 6.07) is 17.5. The summed E-state index contributed by atoms with van der Waals surface area (Å²) in [5.41, 5.74) is 3.18. The lowest BCUT2D eigenvalue weighted by Crippen LogP contribution is -1.86. The van der Waals surface area contributed by atoms with Crippen LogP contribution in [-0.2, 0) is 0 Å². The van der Waals surface area contributed by atoms with Gasteiger partial charge in [-0.3, -0.25) is 4.79 Å². The summed E-state index contributed by atoms with van der Waals surface area (Å²) in [6.07, 6.45) is 0.688. The maximum Gasteiger partial charge on any atom is 0.163 e. The van der Waals surface area contributed by atoms with Gasteiger partial charge in [0.05, 0.1) is 11.6 Å². The lowest BCUT2D eigenvalue weighted by molar-refractivity contribution is 0.112. The van der Waals surface area contributed by atoms with Crippen molar-refractivity contribution < 1.29 is 4.79 Å². The molecule has 0 unspecified atom stereocenters. The van der Waals surface area contributed by atoms with Gasteiger partial charge in [-0.05, 0) is 17.2 Å². The van der Waals surface area contributed by atoms with Crippen LogP contribution in [0.1, 0.15) is 15.2 Å². The number of nitriles is 1. The minimum atomic E-state index is 0.195. The van der Waals surface area contributed by atoms with Crippen molar-refractivity contribution in [2.45, 2.75) is 0 Å². The van der Waals surface area contributed by atoms with Gasteiger partial charge in [0.1, 0.15) is 9.88 Å². The van der Waals surface area contributed by atoms with E-state index in [-0.39, 0.29) is 5.15 Å². The minimum absolute atomic E-state index is 0.195. The highest BCUT2D eigenvalue weighted by Crippen LogP contribution is 2.33. The average Bonchev–Trinajstić information content (AvgIpc) is 2.96. The monoisotopic (exact) mass is 324 g/mol. The molecule has 0 atom stereocenters. The molecule has 0 saturated heterocycles. The highest BCUT2D eigenvalue weighted by Gasteiger charge is 2.12. The number of hydrogen-bond acceptors (Lipinski definition) is 4. The first-order chi connectivity index (χ1) is 10.7. The van der Waals surface area contributed by atoms with Crippen molar-refractivity contribution in [1.29, 1.82) is 5.26 Å². The maximum atomic E-state index is 10.9. The normalized spacial score (nSPS) is 10.2. The van der Waals surface area contributed by atoms with E-state index < -0.39 is 0 Å². The van der Waals surface area contributed by atoms with E-state index in [9.17, 15) is 10.1 Å². The molecule has 5 heteroatoms. The van der Waals surface area contributed by atoms with E-state index in [2.05, 4.69) is 11.1 Å². The Balaban J connectivity index is 2.09. The minimum Gasteiger partial charge on any atom is -0.297 e. The summed E-state index contributed by atoms with van der Waals surface area (Å²) < 4.78 is 0. The summed E-state index contributed by atoms with van der Waals surface area (Å²) in [6.45, 7) is 0. The van der Waals surface area contributed by atoms with Crippen LogP contribution in [0.15, 0.2) is 48.5 Å². The van der Waals surface area contributed by atoms with E-state index in [4.69, 9.17) is 11.6 Å². The van der Waals surface area contributed by atoms with Gasteiger partial charge < -0.3 is 0 Å². The Morgan fingerprint density at radius 3 is 2.55 bits per heavy atom. The second-order valence-corrected chi connectivity index (χ2v) is 5.92. The van der Waals surface area contributed by atoms with Gasteiger partial charge in [0, 0.05) is 5.56 Å². The maximum absolute atomic E-state index is 10.9. The Bertz CT molecular complexity index is 881. The Kier molecular flexibility index (Phi) is 4.01. The fourth-order valence-electron chi connectivity index (χ4n) is 2.15. The van der Waals surface area contributed by atoms with Gasteiger partial charge in [0.15, 0.2) is 11.4 Å². The molecule has 3 nitrogen and oxygen atoms in total. The first-order valence-corrected chi connectivity index (χ1v) is 7.64. The van der Waals surface area contributed by atoms with E-state index in [1.54, 1.807) is 6.07 Å². The number of aldehydes is 1. The number of rotatable bonds is 3. The molecule has 0 aliphatic carbocycles. The molecule has 1 aromatic heterocycles. The molecule has 0 aliphatic rings. The molecular formula is C17H9ClN2OS. The number of hydrogen-bond donors (Lipinski definition) is 0. The van der Waals surface area contributed by atoms with E-state index in [1.165, 1.54) is 11.3 Å². The largest absolute Gasteiger partial charge is 0.297 e. The SMILES string of the molecule is N#Cc1cc(-c2nc(Cl)c(C=O)s2)ccc1-c1ccccc1. The Labute approximate surface area is 136 Å². The van der Waals surface area contributed by atoms with Crippen LogP contribution >= 0.6 is 22.9 Å². The first-order valence-electron chi connectivity index (χ1n) is 6.44. The van der Waals surface area contributed by atoms with Gasteiger partial charge in [0.2, 0.25) is 0 Å². The molecule has 0 aliphatic heterocycles. The van der Waals surface area contributed by atoms with Crippen LogP contribution in [0.5, 0.6) is 0 Å². The van der Waals surface area contributed by atoms with Crippen LogP contribution in [0.25, 0.3) is 21.7 Å². The third kappa shape index (κ3) is 2.64. The van der Waals surface area contributed by atoms with Gasteiger partial charge in [0.25, 0.3) is 0 Å². The number of carbonyl (C=O) groups excluding carboxylic acids is 1. The van der Waals surface area contributed by atoms with Gasteiger partial charge >= 0.3 is 0 Å². The smallest absolute Gasteiger partial charge is 0.163 e. The van der Waals surface area contributed by atoms with Crippen LogP contribution in [0.4, 0.5) is 0 Å². The molecule has 1 heterocycles. The van der Waals surface area contributed by atoms with Crippen molar-refractivity contribution in [1.82, 2.24) is 4.98 Å². The fourth-order valence-corrected chi connectivity index (χ4v) is 3.21. The molecule has 3 aromatic rings. The average molecular weight is 325 g/mol. The molecule has 0 fully saturated rings. The van der Waals surface area contributed by atoms with Crippen LogP contribution in [0, 0.1) is 11.3 Å². The summed E-state index contributed by atoms with van der Waals surface area (Å²) in [5.74, 6) is 0. The van der Waals surface area contributed by atoms with Crippen molar-refractivity contribution in [3.05, 3.63) is 64.1 Å². The Morgan fingerprint density at radius 2 is 1.91 bits per heavy atom. The third-order valence-electron chi connectivity index (χ3n) is 3.19. The Morgan fingerprint density at radius 1 is 1.14 bits per heavy atom. The van der Waals surface area contributed by atoms with Crippen molar-refractivity contribution in [3.63, 3.8) is 0 Å². The first kappa shape index (κ1) is 14.5. The fraction of sp³-hybridized carbons (Fsp3) is 0. The van der Waals surface area contributed by atoms with Crippen LogP contribution in [-0.4, -0.2) is 11.3 Å². The second-order valence-electron chi connectivity index (χ2n) is 4.53. The molecule has 0 spiro atoms. The zero-order chi connectivity index (χ0) is 15.5. The number of carbonyl (C=O) groups is 1. The van der Waals surface area contributed by atoms with Gasteiger partial charge in [-0.15, -0.1) is 11.3 Å². The van der Waals surface area contributed by atoms with Gasteiger partial charge in [-0.1, -0.05) is 54.1 Å². The molecule has 0 N–H and O–H groups in total. The lowest BCUT2D eigenvalue weighted by atomic mass is 9.98. The predicted molar refractivity (Wildman–Crippen MR) is 88.1 cm³/mol. The Hall–Kier alpha value is -2.48. The van der Waals surface area contributed by atoms with Crippen molar-refractivity contribution in [2.75, 3.05) is 0 Å². The highest BCUT2D eigenvalue weighted by molar-refractivity contribution is 7.17. The molecule has 0 bridgehead atoms. The summed E-state index contributed by atoms with van der Waals surface area (Å²) in [4.78, 5) is 15.4. The molecule has 0 radical (unpaired) electrons. The van der Waals surface area contributed by atoms with E-state index in [1.807, 2.05) is 42.5 Å². The number of aromatic nitrogens is 1. The predicted octanol–water partition coefficient (Wildman–Crippen LogP) is 4.81. The molecule has 106 valence electrons. The highest BCUT2D eigenvalue weighted by atomic mass is 35.5. The topological polar surface area (TPSA) is 53.8 Å². The molecule has 2 aromatic carbocycles. The lowest BCUT2D eigenvalue weighted by Gasteiger charge is -2.05. The third-order valence-corrected chi connectivity index (χ3v) is 4.62. The van der Waals surface area contributed by atoms with E-state index in [0.29, 0.717) is 21.7 Å². The van der Waals surface area contributed by atoms with Crippen LogP contribution in [0.3, 0.4) is 0 Å². The van der Waals surface area contributed by atoms with Crippen LogP contribution in [0.2, 0.25) is 5.15 Å². The number of nitrogens with zero attached hydrogens (tertiary/aromatic N) is 2. The van der Waals surface area contributed by atoms with Crippen LogP contribution < -0.4 is 0 Å². The standard InChI is InChI=1S/C17H9ClN2OS/c18-16-15(10-21)22-17(20-16)12-6-7-14(13(8-12)9-19)11-4-2-1-3-5-11/h1-8,10H. The molecule has 0 saturated carbocycles. The summed E-state index contributed by atoms with van der Waals surface area (Å²) in [5, 5.41) is 10.2. The van der Waals surface area contributed by atoms with E-state index >= 15 is 0 Å². The summed E-state index contributed by atoms with van der Waals surface area (Å²) in [7, 11) is 0. The van der Waals surface area contributed by atoms with Crippen molar-refractivity contribution >= 4 is 29.2 Å². The molecule has 0 amide bonds. The quantitative estimate of drug-likeness (QED) is 0.649. The molecule has 22 heavy (non-hydrogen) atoms. The number of thiazole rings is 1. The van der Waals surface area contributed by atoms with Gasteiger partial charge in [-0.25, -0.2) is 4.98 Å². The number of benzene rings is 2. The summed E-state index contributed by atoms with van der Waals surface area (Å²) >= 11 is 7.11. The van der Waals surface area contributed by atoms with Crippen molar-refractivity contribution in [3.8, 4) is 27.8 Å². The molecule has 3 rings (SSSR count). The molecular weight excluding hydrogens is 316 g/mol. The zero-order valence-corrected chi connectivity index (χ0v) is 12.9. The number of halogens is 1. The van der Waals surface area contributed by atoms with E-state index in [0.717, 1.165) is 16.7 Å². The second kappa shape index (κ2) is 6.10.